The van der Waals surface area contributed by atoms with E-state index in [1.165, 1.54) is 0 Å². The lowest BCUT2D eigenvalue weighted by Gasteiger charge is -1.87. The molecule has 0 atom stereocenters. The van der Waals surface area contributed by atoms with E-state index in [9.17, 15) is 4.39 Å². The Morgan fingerprint density at radius 1 is 1.33 bits per heavy atom. The molecule has 0 aliphatic rings. The number of benzene rings is 1. The molecule has 2 aromatic rings. The molecule has 0 radical (unpaired) electrons. The van der Waals surface area contributed by atoms with Gasteiger partial charge < -0.3 is 10.7 Å². The molecule has 2 nitrogen and oxygen atoms in total. The fourth-order valence-electron chi connectivity index (χ4n) is 1.30. The van der Waals surface area contributed by atoms with Crippen molar-refractivity contribution in [3.05, 3.63) is 35.8 Å². The first-order valence-electron chi connectivity index (χ1n) is 3.78. The summed E-state index contributed by atoms with van der Waals surface area (Å²) in [5.74, 6) is -0.229. The van der Waals surface area contributed by atoms with Crippen molar-refractivity contribution in [1.82, 2.24) is 4.98 Å². The molecular formula is C9H9FN2. The van der Waals surface area contributed by atoms with Crippen LogP contribution in [-0.4, -0.2) is 4.98 Å². The van der Waals surface area contributed by atoms with Gasteiger partial charge in [-0.1, -0.05) is 12.1 Å². The Hall–Kier alpha value is -1.35. The van der Waals surface area contributed by atoms with Crippen LogP contribution in [0.5, 0.6) is 0 Å². The van der Waals surface area contributed by atoms with Crippen LogP contribution in [-0.2, 0) is 6.54 Å². The highest BCUT2D eigenvalue weighted by Crippen LogP contribution is 2.19. The van der Waals surface area contributed by atoms with Gasteiger partial charge in [-0.25, -0.2) is 4.39 Å². The van der Waals surface area contributed by atoms with Gasteiger partial charge in [-0.3, -0.25) is 0 Å². The summed E-state index contributed by atoms with van der Waals surface area (Å²) in [5, 5.41) is 0.609. The standard InChI is InChI=1S/C9H9FN2/c10-9-6-3-1-2-4-7(6)12-8(9)5-11/h1-4,12H,5,11H2. The van der Waals surface area contributed by atoms with Crippen LogP contribution in [0, 0.1) is 5.82 Å². The van der Waals surface area contributed by atoms with E-state index in [-0.39, 0.29) is 12.4 Å². The van der Waals surface area contributed by atoms with Crippen LogP contribution in [0.1, 0.15) is 5.69 Å². The Morgan fingerprint density at radius 2 is 2.08 bits per heavy atom. The molecule has 0 spiro atoms. The van der Waals surface area contributed by atoms with Crippen molar-refractivity contribution in [2.24, 2.45) is 5.73 Å². The van der Waals surface area contributed by atoms with Gasteiger partial charge in [0.05, 0.1) is 5.69 Å². The van der Waals surface area contributed by atoms with Gasteiger partial charge in [-0.15, -0.1) is 0 Å². The van der Waals surface area contributed by atoms with Gasteiger partial charge in [-0.05, 0) is 12.1 Å². The van der Waals surface area contributed by atoms with E-state index in [2.05, 4.69) is 4.98 Å². The highest BCUT2D eigenvalue weighted by molar-refractivity contribution is 5.81. The van der Waals surface area contributed by atoms with E-state index in [0.29, 0.717) is 11.1 Å². The molecule has 12 heavy (non-hydrogen) atoms. The number of nitrogens with one attached hydrogen (secondary N) is 1. The van der Waals surface area contributed by atoms with Crippen molar-refractivity contribution in [3.63, 3.8) is 0 Å². The Balaban J connectivity index is 2.78. The molecule has 0 bridgehead atoms. The second-order valence-corrected chi connectivity index (χ2v) is 2.67. The lowest BCUT2D eigenvalue weighted by Crippen LogP contribution is -1.98. The predicted molar refractivity (Wildman–Crippen MR) is 46.1 cm³/mol. The van der Waals surface area contributed by atoms with Gasteiger partial charge in [0.1, 0.15) is 0 Å². The number of rotatable bonds is 1. The Kier molecular flexibility index (Phi) is 1.59. The van der Waals surface area contributed by atoms with E-state index in [0.717, 1.165) is 5.52 Å². The summed E-state index contributed by atoms with van der Waals surface area (Å²) in [6.07, 6.45) is 0. The van der Waals surface area contributed by atoms with E-state index >= 15 is 0 Å². The smallest absolute Gasteiger partial charge is 0.153 e. The van der Waals surface area contributed by atoms with Crippen LogP contribution in [0.2, 0.25) is 0 Å². The summed E-state index contributed by atoms with van der Waals surface area (Å²) in [4.78, 5) is 2.91. The summed E-state index contributed by atoms with van der Waals surface area (Å²) in [6.45, 7) is 0.209. The molecule has 1 aromatic heterocycles. The Labute approximate surface area is 69.2 Å². The number of hydrogen-bond donors (Lipinski definition) is 2. The van der Waals surface area contributed by atoms with Gasteiger partial charge in [0.15, 0.2) is 5.82 Å². The number of hydrogen-bond acceptors (Lipinski definition) is 1. The number of nitrogens with two attached hydrogens (primary N) is 1. The SMILES string of the molecule is NCc1[nH]c2ccccc2c1F. The number of halogens is 1. The molecule has 3 N–H and O–H groups in total. The van der Waals surface area contributed by atoms with Crippen LogP contribution < -0.4 is 5.73 Å². The fraction of sp³-hybridized carbons (Fsp3) is 0.111. The molecule has 0 aliphatic carbocycles. The minimum atomic E-state index is -0.229. The second-order valence-electron chi connectivity index (χ2n) is 2.67. The molecular weight excluding hydrogens is 155 g/mol. The maximum atomic E-state index is 13.3. The monoisotopic (exact) mass is 164 g/mol. The number of para-hydroxylation sites is 1. The highest BCUT2D eigenvalue weighted by atomic mass is 19.1. The average Bonchev–Trinajstić information content (AvgIpc) is 2.44. The summed E-state index contributed by atoms with van der Waals surface area (Å²) < 4.78 is 13.3. The molecule has 0 aliphatic heterocycles. The number of aromatic amines is 1. The third-order valence-electron chi connectivity index (χ3n) is 1.92. The van der Waals surface area contributed by atoms with Crippen LogP contribution in [0.4, 0.5) is 4.39 Å². The van der Waals surface area contributed by atoms with Gasteiger partial charge >= 0.3 is 0 Å². The maximum Gasteiger partial charge on any atom is 0.153 e. The van der Waals surface area contributed by atoms with E-state index in [1.807, 2.05) is 12.1 Å². The normalized spacial score (nSPS) is 10.8. The van der Waals surface area contributed by atoms with E-state index in [4.69, 9.17) is 5.73 Å². The third kappa shape index (κ3) is 0.905. The van der Waals surface area contributed by atoms with Crippen molar-refractivity contribution >= 4 is 10.9 Å². The van der Waals surface area contributed by atoms with E-state index < -0.39 is 0 Å². The molecule has 0 saturated heterocycles. The summed E-state index contributed by atoms with van der Waals surface area (Å²) in [7, 11) is 0. The zero-order valence-electron chi connectivity index (χ0n) is 6.47. The molecule has 1 aromatic carbocycles. The first kappa shape index (κ1) is 7.31. The van der Waals surface area contributed by atoms with Crippen molar-refractivity contribution in [2.75, 3.05) is 0 Å². The lowest BCUT2D eigenvalue weighted by molar-refractivity contribution is 0.620. The minimum Gasteiger partial charge on any atom is -0.355 e. The Bertz CT molecular complexity index is 406. The number of fused-ring (bicyclic) bond motifs is 1. The summed E-state index contributed by atoms with van der Waals surface area (Å²) in [6, 6.07) is 7.23. The largest absolute Gasteiger partial charge is 0.355 e. The minimum absolute atomic E-state index is 0.209. The first-order valence-corrected chi connectivity index (χ1v) is 3.78. The molecule has 3 heteroatoms. The summed E-state index contributed by atoms with van der Waals surface area (Å²) in [5.41, 5.74) is 6.61. The van der Waals surface area contributed by atoms with Crippen molar-refractivity contribution < 1.29 is 4.39 Å². The zero-order chi connectivity index (χ0) is 8.55. The molecule has 0 amide bonds. The molecule has 62 valence electrons. The molecule has 0 unspecified atom stereocenters. The summed E-state index contributed by atoms with van der Waals surface area (Å²) >= 11 is 0. The van der Waals surface area contributed by atoms with Gasteiger partial charge in [0.2, 0.25) is 0 Å². The Morgan fingerprint density at radius 3 is 2.75 bits per heavy atom. The quantitative estimate of drug-likeness (QED) is 0.662. The molecule has 1 heterocycles. The van der Waals surface area contributed by atoms with Crippen LogP contribution in [0.3, 0.4) is 0 Å². The molecule has 2 rings (SSSR count). The number of aromatic nitrogens is 1. The predicted octanol–water partition coefficient (Wildman–Crippen LogP) is 1.77. The van der Waals surface area contributed by atoms with Crippen LogP contribution >= 0.6 is 0 Å². The highest BCUT2D eigenvalue weighted by Gasteiger charge is 2.07. The van der Waals surface area contributed by atoms with Crippen LogP contribution in [0.15, 0.2) is 24.3 Å². The van der Waals surface area contributed by atoms with Gasteiger partial charge in [-0.2, -0.15) is 0 Å². The van der Waals surface area contributed by atoms with Crippen molar-refractivity contribution in [1.29, 1.82) is 0 Å². The fourth-order valence-corrected chi connectivity index (χ4v) is 1.30. The second kappa shape index (κ2) is 2.60. The zero-order valence-corrected chi connectivity index (χ0v) is 6.47. The number of H-pyrrole nitrogens is 1. The first-order chi connectivity index (χ1) is 5.83. The molecule has 0 saturated carbocycles. The van der Waals surface area contributed by atoms with E-state index in [1.54, 1.807) is 12.1 Å². The topological polar surface area (TPSA) is 41.8 Å². The van der Waals surface area contributed by atoms with Crippen molar-refractivity contribution in [3.8, 4) is 0 Å². The van der Waals surface area contributed by atoms with Gasteiger partial charge in [0.25, 0.3) is 0 Å². The molecule has 0 fully saturated rings. The average molecular weight is 164 g/mol. The van der Waals surface area contributed by atoms with Crippen LogP contribution in [0.25, 0.3) is 10.9 Å². The lowest BCUT2D eigenvalue weighted by atomic mass is 10.2. The maximum absolute atomic E-state index is 13.3. The van der Waals surface area contributed by atoms with Crippen molar-refractivity contribution in [2.45, 2.75) is 6.54 Å². The third-order valence-corrected chi connectivity index (χ3v) is 1.92. The van der Waals surface area contributed by atoms with Gasteiger partial charge in [0, 0.05) is 17.4 Å².